The first kappa shape index (κ1) is 15.9. The molecule has 1 atom stereocenters. The first-order chi connectivity index (χ1) is 9.95. The van der Waals surface area contributed by atoms with Crippen LogP contribution in [0.25, 0.3) is 0 Å². The third-order valence-electron chi connectivity index (χ3n) is 3.11. The zero-order chi connectivity index (χ0) is 15.4. The predicted molar refractivity (Wildman–Crippen MR) is 89.4 cm³/mol. The molecule has 0 aliphatic heterocycles. The van der Waals surface area contributed by atoms with Crippen LogP contribution < -0.4 is 10.1 Å². The second-order valence-corrected chi connectivity index (χ2v) is 6.15. The van der Waals surface area contributed by atoms with Crippen molar-refractivity contribution in [1.82, 2.24) is 5.32 Å². The molecular formula is C16H18INO3. The van der Waals surface area contributed by atoms with Gasteiger partial charge >= 0.3 is 0 Å². The van der Waals surface area contributed by atoms with Crippen molar-refractivity contribution in [3.05, 3.63) is 51.0 Å². The molecule has 1 aromatic carbocycles. The number of hydrogen-bond donors (Lipinski definition) is 1. The van der Waals surface area contributed by atoms with Gasteiger partial charge in [0.15, 0.2) is 6.61 Å². The van der Waals surface area contributed by atoms with Gasteiger partial charge in [0.25, 0.3) is 5.91 Å². The lowest BCUT2D eigenvalue weighted by Crippen LogP contribution is -2.31. The fourth-order valence-electron chi connectivity index (χ4n) is 2.12. The molecule has 1 amide bonds. The van der Waals surface area contributed by atoms with Crippen LogP contribution in [-0.4, -0.2) is 12.5 Å². The quantitative estimate of drug-likeness (QED) is 0.780. The van der Waals surface area contributed by atoms with Gasteiger partial charge in [-0.3, -0.25) is 4.79 Å². The van der Waals surface area contributed by atoms with E-state index in [9.17, 15) is 4.79 Å². The smallest absolute Gasteiger partial charge is 0.258 e. The number of carbonyl (C=O) groups is 1. The molecule has 21 heavy (non-hydrogen) atoms. The van der Waals surface area contributed by atoms with Gasteiger partial charge < -0.3 is 14.5 Å². The Kier molecular flexibility index (Phi) is 5.27. The van der Waals surface area contributed by atoms with Crippen molar-refractivity contribution in [2.45, 2.75) is 26.8 Å². The standard InChI is InChI=1S/C16H18INO3/c1-10-8-15(12(3)21-10)11(2)18-16(19)9-20-14-6-4-13(17)5-7-14/h4-8,11H,9H2,1-3H3,(H,18,19). The highest BCUT2D eigenvalue weighted by atomic mass is 127. The Bertz CT molecular complexity index is 619. The van der Waals surface area contributed by atoms with Crippen molar-refractivity contribution < 1.29 is 13.9 Å². The van der Waals surface area contributed by atoms with E-state index in [4.69, 9.17) is 9.15 Å². The normalized spacial score (nSPS) is 12.0. The number of halogens is 1. The number of ether oxygens (including phenoxy) is 1. The van der Waals surface area contributed by atoms with Crippen molar-refractivity contribution in [2.75, 3.05) is 6.61 Å². The van der Waals surface area contributed by atoms with Gasteiger partial charge in [-0.1, -0.05) is 0 Å². The minimum Gasteiger partial charge on any atom is -0.484 e. The van der Waals surface area contributed by atoms with E-state index < -0.39 is 0 Å². The number of rotatable bonds is 5. The Morgan fingerprint density at radius 2 is 2.00 bits per heavy atom. The summed E-state index contributed by atoms with van der Waals surface area (Å²) in [5, 5.41) is 2.91. The Hall–Kier alpha value is -1.50. The maximum Gasteiger partial charge on any atom is 0.258 e. The van der Waals surface area contributed by atoms with Gasteiger partial charge in [0.05, 0.1) is 6.04 Å². The number of hydrogen-bond acceptors (Lipinski definition) is 3. The highest BCUT2D eigenvalue weighted by Crippen LogP contribution is 2.21. The highest BCUT2D eigenvalue weighted by Gasteiger charge is 2.15. The molecule has 5 heteroatoms. The molecule has 112 valence electrons. The lowest BCUT2D eigenvalue weighted by Gasteiger charge is -2.13. The molecule has 1 unspecified atom stereocenters. The largest absolute Gasteiger partial charge is 0.484 e. The summed E-state index contributed by atoms with van der Waals surface area (Å²) in [6.45, 7) is 5.72. The number of nitrogens with one attached hydrogen (secondary N) is 1. The zero-order valence-electron chi connectivity index (χ0n) is 12.3. The second kappa shape index (κ2) is 6.98. The summed E-state index contributed by atoms with van der Waals surface area (Å²) in [5.74, 6) is 2.21. The van der Waals surface area contributed by atoms with Gasteiger partial charge in [0.1, 0.15) is 17.3 Å². The number of furan rings is 1. The van der Waals surface area contributed by atoms with E-state index >= 15 is 0 Å². The van der Waals surface area contributed by atoms with Gasteiger partial charge in [-0.2, -0.15) is 0 Å². The van der Waals surface area contributed by atoms with E-state index in [-0.39, 0.29) is 18.6 Å². The molecule has 2 rings (SSSR count). The summed E-state index contributed by atoms with van der Waals surface area (Å²) in [6.07, 6.45) is 0. The van der Waals surface area contributed by atoms with Gasteiger partial charge in [0.2, 0.25) is 0 Å². The lowest BCUT2D eigenvalue weighted by atomic mass is 10.1. The Labute approximate surface area is 138 Å². The predicted octanol–water partition coefficient (Wildman–Crippen LogP) is 3.76. The zero-order valence-corrected chi connectivity index (χ0v) is 14.4. The Morgan fingerprint density at radius 3 is 2.57 bits per heavy atom. The summed E-state index contributed by atoms with van der Waals surface area (Å²) >= 11 is 2.22. The second-order valence-electron chi connectivity index (χ2n) is 4.90. The van der Waals surface area contributed by atoms with E-state index in [1.807, 2.05) is 51.1 Å². The van der Waals surface area contributed by atoms with Crippen LogP contribution in [0.5, 0.6) is 5.75 Å². The summed E-state index contributed by atoms with van der Waals surface area (Å²) in [5.41, 5.74) is 0.995. The maximum atomic E-state index is 11.9. The van der Waals surface area contributed by atoms with E-state index in [0.29, 0.717) is 5.75 Å². The molecule has 0 aliphatic carbocycles. The van der Waals surface area contributed by atoms with Crippen molar-refractivity contribution in [2.24, 2.45) is 0 Å². The van der Waals surface area contributed by atoms with Gasteiger partial charge in [-0.25, -0.2) is 0 Å². The average Bonchev–Trinajstić information content (AvgIpc) is 2.77. The average molecular weight is 399 g/mol. The molecule has 0 spiro atoms. The van der Waals surface area contributed by atoms with Crippen LogP contribution in [0.15, 0.2) is 34.7 Å². The monoisotopic (exact) mass is 399 g/mol. The molecule has 1 heterocycles. The van der Waals surface area contributed by atoms with Crippen molar-refractivity contribution in [3.63, 3.8) is 0 Å². The van der Waals surface area contributed by atoms with E-state index in [2.05, 4.69) is 27.9 Å². The fourth-order valence-corrected chi connectivity index (χ4v) is 2.48. The van der Waals surface area contributed by atoms with Crippen LogP contribution in [0.4, 0.5) is 0 Å². The third-order valence-corrected chi connectivity index (χ3v) is 3.83. The minimum atomic E-state index is -0.153. The first-order valence-corrected chi connectivity index (χ1v) is 7.78. The Balaban J connectivity index is 1.87. The van der Waals surface area contributed by atoms with Crippen molar-refractivity contribution in [3.8, 4) is 5.75 Å². The van der Waals surface area contributed by atoms with Gasteiger partial charge in [-0.05, 0) is 73.7 Å². The van der Waals surface area contributed by atoms with E-state index in [0.717, 1.165) is 20.7 Å². The van der Waals surface area contributed by atoms with E-state index in [1.165, 1.54) is 0 Å². The summed E-state index contributed by atoms with van der Waals surface area (Å²) in [7, 11) is 0. The molecular weight excluding hydrogens is 381 g/mol. The number of benzene rings is 1. The topological polar surface area (TPSA) is 51.5 Å². The molecule has 1 N–H and O–H groups in total. The van der Waals surface area contributed by atoms with Crippen LogP contribution in [0.3, 0.4) is 0 Å². The molecule has 4 nitrogen and oxygen atoms in total. The maximum absolute atomic E-state index is 11.9. The number of carbonyl (C=O) groups excluding carboxylic acids is 1. The first-order valence-electron chi connectivity index (χ1n) is 6.70. The third kappa shape index (κ3) is 4.49. The number of aryl methyl sites for hydroxylation is 2. The lowest BCUT2D eigenvalue weighted by molar-refractivity contribution is -0.123. The molecule has 0 aliphatic rings. The molecule has 2 aromatic rings. The van der Waals surface area contributed by atoms with Crippen molar-refractivity contribution >= 4 is 28.5 Å². The van der Waals surface area contributed by atoms with Crippen LogP contribution in [0.1, 0.15) is 30.0 Å². The van der Waals surface area contributed by atoms with Gasteiger partial charge in [-0.15, -0.1) is 0 Å². The van der Waals surface area contributed by atoms with Crippen LogP contribution in [0, 0.1) is 17.4 Å². The van der Waals surface area contributed by atoms with Crippen LogP contribution in [-0.2, 0) is 4.79 Å². The van der Waals surface area contributed by atoms with Gasteiger partial charge in [0, 0.05) is 9.13 Å². The highest BCUT2D eigenvalue weighted by molar-refractivity contribution is 14.1. The van der Waals surface area contributed by atoms with Crippen LogP contribution >= 0.6 is 22.6 Å². The van der Waals surface area contributed by atoms with E-state index in [1.54, 1.807) is 0 Å². The molecule has 1 aromatic heterocycles. The molecule has 0 saturated heterocycles. The molecule has 0 fully saturated rings. The van der Waals surface area contributed by atoms with Crippen molar-refractivity contribution in [1.29, 1.82) is 0 Å². The summed E-state index contributed by atoms with van der Waals surface area (Å²) in [4.78, 5) is 11.9. The molecule has 0 saturated carbocycles. The Morgan fingerprint density at radius 1 is 1.33 bits per heavy atom. The summed E-state index contributed by atoms with van der Waals surface area (Å²) in [6, 6.07) is 9.42. The van der Waals surface area contributed by atoms with Crippen LogP contribution in [0.2, 0.25) is 0 Å². The fraction of sp³-hybridized carbons (Fsp3) is 0.312. The number of amides is 1. The molecule has 0 bridgehead atoms. The minimum absolute atomic E-state index is 0.000807. The molecule has 0 radical (unpaired) electrons. The SMILES string of the molecule is Cc1cc(C(C)NC(=O)COc2ccc(I)cc2)c(C)o1. The summed E-state index contributed by atoms with van der Waals surface area (Å²) < 4.78 is 12.1.